The third kappa shape index (κ3) is 3.19. The topological polar surface area (TPSA) is 38.9 Å². The van der Waals surface area contributed by atoms with E-state index in [1.165, 1.54) is 0 Å². The van der Waals surface area contributed by atoms with Crippen LogP contribution in [0.25, 0.3) is 0 Å². The summed E-state index contributed by atoms with van der Waals surface area (Å²) in [5.74, 6) is 0. The van der Waals surface area contributed by atoms with Crippen molar-refractivity contribution < 1.29 is 0 Å². The van der Waals surface area contributed by atoms with Gasteiger partial charge in [-0.05, 0) is 30.7 Å². The maximum Gasteiger partial charge on any atom is 0.0947 e. The van der Waals surface area contributed by atoms with Crippen LogP contribution in [0.2, 0.25) is 10.0 Å². The molecule has 0 saturated carbocycles. The minimum absolute atomic E-state index is 0.174. The molecule has 0 saturated heterocycles. The Labute approximate surface area is 114 Å². The highest BCUT2D eigenvalue weighted by atomic mass is 35.5. The van der Waals surface area contributed by atoms with Crippen LogP contribution in [0.5, 0.6) is 0 Å². The van der Waals surface area contributed by atoms with Gasteiger partial charge in [-0.2, -0.15) is 0 Å². The first-order valence-electron chi connectivity index (χ1n) is 5.18. The molecule has 0 radical (unpaired) electrons. The van der Waals surface area contributed by atoms with Crippen molar-refractivity contribution in [3.05, 3.63) is 49.9 Å². The lowest BCUT2D eigenvalue weighted by Gasteiger charge is -2.12. The maximum absolute atomic E-state index is 6.13. The highest BCUT2D eigenvalue weighted by molar-refractivity contribution is 7.09. The molecule has 1 aromatic carbocycles. The molecule has 0 bridgehead atoms. The summed E-state index contributed by atoms with van der Waals surface area (Å²) in [4.78, 5) is 4.39. The molecule has 0 fully saturated rings. The predicted octanol–water partition coefficient (Wildman–Crippen LogP) is 4.00. The second-order valence-electron chi connectivity index (χ2n) is 3.86. The van der Waals surface area contributed by atoms with Crippen LogP contribution in [0.4, 0.5) is 0 Å². The van der Waals surface area contributed by atoms with Crippen LogP contribution in [0.1, 0.15) is 22.3 Å². The zero-order valence-corrected chi connectivity index (χ0v) is 11.6. The van der Waals surface area contributed by atoms with Gasteiger partial charge in [-0.3, -0.25) is 0 Å². The van der Waals surface area contributed by atoms with E-state index < -0.39 is 0 Å². The second kappa shape index (κ2) is 5.36. The lowest BCUT2D eigenvalue weighted by molar-refractivity contribution is 0.717. The summed E-state index contributed by atoms with van der Waals surface area (Å²) >= 11 is 13.7. The van der Waals surface area contributed by atoms with Crippen molar-refractivity contribution in [3.63, 3.8) is 0 Å². The minimum atomic E-state index is -0.174. The van der Waals surface area contributed by atoms with E-state index in [2.05, 4.69) is 4.98 Å². The lowest BCUT2D eigenvalue weighted by atomic mass is 10.1. The summed E-state index contributed by atoms with van der Waals surface area (Å²) in [5.41, 5.74) is 8.02. The van der Waals surface area contributed by atoms with Gasteiger partial charge >= 0.3 is 0 Å². The molecule has 90 valence electrons. The fourth-order valence-corrected chi connectivity index (χ4v) is 2.86. The molecule has 2 aromatic rings. The van der Waals surface area contributed by atoms with Gasteiger partial charge in [0.15, 0.2) is 0 Å². The van der Waals surface area contributed by atoms with E-state index in [4.69, 9.17) is 28.9 Å². The van der Waals surface area contributed by atoms with Crippen LogP contribution in [0, 0.1) is 6.92 Å². The van der Waals surface area contributed by atoms with E-state index in [-0.39, 0.29) is 6.04 Å². The van der Waals surface area contributed by atoms with Crippen LogP contribution in [-0.4, -0.2) is 4.98 Å². The molecule has 1 aromatic heterocycles. The van der Waals surface area contributed by atoms with Crippen LogP contribution in [0.3, 0.4) is 0 Å². The van der Waals surface area contributed by atoms with Crippen molar-refractivity contribution in [3.8, 4) is 0 Å². The number of hydrogen-bond acceptors (Lipinski definition) is 3. The number of halogens is 2. The third-order valence-electron chi connectivity index (χ3n) is 2.42. The SMILES string of the molecule is Cc1csc(CC(N)c2cc(Cl)ccc2Cl)n1. The normalized spacial score (nSPS) is 12.7. The van der Waals surface area contributed by atoms with Gasteiger partial charge in [-0.1, -0.05) is 23.2 Å². The summed E-state index contributed by atoms with van der Waals surface area (Å²) in [5, 5.41) is 4.33. The van der Waals surface area contributed by atoms with Crippen LogP contribution >= 0.6 is 34.5 Å². The summed E-state index contributed by atoms with van der Waals surface area (Å²) in [6.45, 7) is 1.97. The number of rotatable bonds is 3. The molecule has 0 aliphatic rings. The Hall–Kier alpha value is -0.610. The highest BCUT2D eigenvalue weighted by Crippen LogP contribution is 2.27. The molecular weight excluding hydrogens is 275 g/mol. The summed E-state index contributed by atoms with van der Waals surface area (Å²) in [6.07, 6.45) is 0.679. The number of benzene rings is 1. The predicted molar refractivity (Wildman–Crippen MR) is 73.9 cm³/mol. The summed E-state index contributed by atoms with van der Waals surface area (Å²) in [6, 6.07) is 5.17. The number of nitrogens with zero attached hydrogens (tertiary/aromatic N) is 1. The average Bonchev–Trinajstić information content (AvgIpc) is 2.67. The Bertz CT molecular complexity index is 525. The smallest absolute Gasteiger partial charge is 0.0947 e. The first-order valence-corrected chi connectivity index (χ1v) is 6.81. The second-order valence-corrected chi connectivity index (χ2v) is 5.65. The van der Waals surface area contributed by atoms with E-state index in [0.717, 1.165) is 16.3 Å². The number of aryl methyl sites for hydroxylation is 1. The van der Waals surface area contributed by atoms with Gasteiger partial charge in [-0.25, -0.2) is 4.98 Å². The van der Waals surface area contributed by atoms with Gasteiger partial charge in [0.25, 0.3) is 0 Å². The fourth-order valence-electron chi connectivity index (χ4n) is 1.59. The number of thiazole rings is 1. The van der Waals surface area contributed by atoms with E-state index in [1.807, 2.05) is 18.4 Å². The number of aromatic nitrogens is 1. The Balaban J connectivity index is 2.19. The maximum atomic E-state index is 6.13. The van der Waals surface area contributed by atoms with E-state index >= 15 is 0 Å². The number of nitrogens with two attached hydrogens (primary N) is 1. The Morgan fingerprint density at radius 1 is 1.41 bits per heavy atom. The van der Waals surface area contributed by atoms with E-state index in [9.17, 15) is 0 Å². The zero-order valence-electron chi connectivity index (χ0n) is 9.28. The first-order chi connectivity index (χ1) is 8.06. The van der Waals surface area contributed by atoms with Crippen LogP contribution in [-0.2, 0) is 6.42 Å². The van der Waals surface area contributed by atoms with Crippen LogP contribution in [0.15, 0.2) is 23.6 Å². The van der Waals surface area contributed by atoms with Crippen molar-refractivity contribution in [1.82, 2.24) is 4.98 Å². The van der Waals surface area contributed by atoms with Crippen molar-refractivity contribution in [2.75, 3.05) is 0 Å². The largest absolute Gasteiger partial charge is 0.324 e. The van der Waals surface area contributed by atoms with E-state index in [1.54, 1.807) is 23.5 Å². The van der Waals surface area contributed by atoms with Gasteiger partial charge < -0.3 is 5.73 Å². The quantitative estimate of drug-likeness (QED) is 0.926. The van der Waals surface area contributed by atoms with Crippen molar-refractivity contribution in [2.24, 2.45) is 5.73 Å². The van der Waals surface area contributed by atoms with Gasteiger partial charge in [-0.15, -0.1) is 11.3 Å². The van der Waals surface area contributed by atoms with Crippen molar-refractivity contribution in [1.29, 1.82) is 0 Å². The molecule has 2 nitrogen and oxygen atoms in total. The molecule has 0 aliphatic carbocycles. The van der Waals surface area contributed by atoms with Crippen LogP contribution < -0.4 is 5.73 Å². The first kappa shape index (κ1) is 12.8. The molecule has 2 N–H and O–H groups in total. The average molecular weight is 287 g/mol. The third-order valence-corrected chi connectivity index (χ3v) is 3.99. The Kier molecular flexibility index (Phi) is 4.05. The van der Waals surface area contributed by atoms with Gasteiger partial charge in [0.05, 0.1) is 5.01 Å². The number of hydrogen-bond donors (Lipinski definition) is 1. The standard InChI is InChI=1S/C12H12Cl2N2S/c1-7-6-17-12(16-7)5-11(15)9-4-8(13)2-3-10(9)14/h2-4,6,11H,5,15H2,1H3. The molecule has 2 rings (SSSR count). The van der Waals surface area contributed by atoms with Gasteiger partial charge in [0, 0.05) is 33.6 Å². The van der Waals surface area contributed by atoms with E-state index in [0.29, 0.717) is 16.5 Å². The molecule has 0 aliphatic heterocycles. The Morgan fingerprint density at radius 2 is 2.18 bits per heavy atom. The molecule has 1 heterocycles. The monoisotopic (exact) mass is 286 g/mol. The molecular formula is C12H12Cl2N2S. The summed E-state index contributed by atoms with van der Waals surface area (Å²) in [7, 11) is 0. The van der Waals surface area contributed by atoms with Gasteiger partial charge in [0.2, 0.25) is 0 Å². The minimum Gasteiger partial charge on any atom is -0.324 e. The van der Waals surface area contributed by atoms with Crippen molar-refractivity contribution in [2.45, 2.75) is 19.4 Å². The molecule has 0 spiro atoms. The lowest BCUT2D eigenvalue weighted by Crippen LogP contribution is -2.13. The summed E-state index contributed by atoms with van der Waals surface area (Å²) < 4.78 is 0. The zero-order chi connectivity index (χ0) is 12.4. The Morgan fingerprint density at radius 3 is 2.82 bits per heavy atom. The van der Waals surface area contributed by atoms with Gasteiger partial charge in [0.1, 0.15) is 0 Å². The molecule has 1 unspecified atom stereocenters. The van der Waals surface area contributed by atoms with Crippen molar-refractivity contribution >= 4 is 34.5 Å². The molecule has 0 amide bonds. The molecule has 17 heavy (non-hydrogen) atoms. The fraction of sp³-hybridized carbons (Fsp3) is 0.250. The highest BCUT2D eigenvalue weighted by Gasteiger charge is 2.13. The molecule has 5 heteroatoms. The molecule has 1 atom stereocenters.